The van der Waals surface area contributed by atoms with E-state index < -0.39 is 10.0 Å². The van der Waals surface area contributed by atoms with Gasteiger partial charge in [-0.15, -0.1) is 22.7 Å². The van der Waals surface area contributed by atoms with E-state index in [2.05, 4.69) is 9.71 Å². The highest BCUT2D eigenvalue weighted by Gasteiger charge is 2.21. The summed E-state index contributed by atoms with van der Waals surface area (Å²) in [6.07, 6.45) is 0.696. The Morgan fingerprint density at radius 1 is 1.45 bits per heavy atom. The van der Waals surface area contributed by atoms with Crippen LogP contribution in [0.3, 0.4) is 0 Å². The highest BCUT2D eigenvalue weighted by atomic mass is 32.2. The van der Waals surface area contributed by atoms with Gasteiger partial charge in [0.15, 0.2) is 0 Å². The quantitative estimate of drug-likeness (QED) is 0.848. The molecule has 1 atom stereocenters. The molecule has 0 aliphatic rings. The van der Waals surface area contributed by atoms with Gasteiger partial charge < -0.3 is 5.73 Å². The van der Waals surface area contributed by atoms with Crippen molar-refractivity contribution in [3.63, 3.8) is 0 Å². The average Bonchev–Trinajstić information content (AvgIpc) is 2.98. The van der Waals surface area contributed by atoms with E-state index in [-0.39, 0.29) is 6.04 Å². The lowest BCUT2D eigenvalue weighted by Gasteiger charge is -2.10. The molecule has 0 aromatic carbocycles. The summed E-state index contributed by atoms with van der Waals surface area (Å²) in [5.74, 6) is 0. The molecule has 0 spiro atoms. The van der Waals surface area contributed by atoms with Gasteiger partial charge in [0.05, 0.1) is 6.04 Å². The minimum Gasteiger partial charge on any atom is -0.330 e. The standard InChI is InChI=1S/C12H17N3O2S3/c1-8-7-18-12(14-8)9(2)15-20(16,17)11-4-3-10(19-11)5-6-13/h3-4,7,9,15H,5-6,13H2,1-2H3. The molecule has 0 radical (unpaired) electrons. The molecule has 0 saturated carbocycles. The van der Waals surface area contributed by atoms with Crippen LogP contribution in [0, 0.1) is 6.92 Å². The van der Waals surface area contributed by atoms with Crippen LogP contribution in [0.25, 0.3) is 0 Å². The lowest BCUT2D eigenvalue weighted by Crippen LogP contribution is -2.26. The third-order valence-corrected chi connectivity index (χ3v) is 6.95. The summed E-state index contributed by atoms with van der Waals surface area (Å²) < 4.78 is 27.5. The highest BCUT2D eigenvalue weighted by Crippen LogP contribution is 2.25. The number of hydrogen-bond donors (Lipinski definition) is 2. The summed E-state index contributed by atoms with van der Waals surface area (Å²) in [4.78, 5) is 5.28. The summed E-state index contributed by atoms with van der Waals surface area (Å²) in [6.45, 7) is 4.20. The molecule has 0 amide bonds. The van der Waals surface area contributed by atoms with Gasteiger partial charge in [-0.3, -0.25) is 0 Å². The molecular weight excluding hydrogens is 314 g/mol. The smallest absolute Gasteiger partial charge is 0.250 e. The number of nitrogens with zero attached hydrogens (tertiary/aromatic N) is 1. The van der Waals surface area contributed by atoms with Crippen molar-refractivity contribution in [3.05, 3.63) is 33.1 Å². The Morgan fingerprint density at radius 2 is 2.20 bits per heavy atom. The third-order valence-electron chi connectivity index (χ3n) is 2.63. The Labute approximate surface area is 126 Å². The lowest BCUT2D eigenvalue weighted by molar-refractivity contribution is 0.568. The van der Waals surface area contributed by atoms with E-state index >= 15 is 0 Å². The highest BCUT2D eigenvalue weighted by molar-refractivity contribution is 7.91. The van der Waals surface area contributed by atoms with E-state index in [4.69, 9.17) is 5.73 Å². The normalized spacial score (nSPS) is 13.6. The first-order valence-corrected chi connectivity index (χ1v) is 9.33. The zero-order valence-corrected chi connectivity index (χ0v) is 13.7. The first-order valence-electron chi connectivity index (χ1n) is 6.15. The maximum atomic E-state index is 12.3. The lowest BCUT2D eigenvalue weighted by atomic mass is 10.3. The van der Waals surface area contributed by atoms with Crippen LogP contribution in [-0.4, -0.2) is 19.9 Å². The topological polar surface area (TPSA) is 85.1 Å². The monoisotopic (exact) mass is 331 g/mol. The van der Waals surface area contributed by atoms with Crippen molar-refractivity contribution >= 4 is 32.7 Å². The van der Waals surface area contributed by atoms with Crippen LogP contribution in [-0.2, 0) is 16.4 Å². The molecule has 0 aliphatic heterocycles. The molecule has 0 saturated heterocycles. The number of nitrogens with one attached hydrogen (secondary N) is 1. The molecule has 110 valence electrons. The van der Waals surface area contributed by atoms with Gasteiger partial charge in [-0.05, 0) is 38.9 Å². The second kappa shape index (κ2) is 6.31. The molecule has 2 aromatic rings. The fraction of sp³-hybridized carbons (Fsp3) is 0.417. The van der Waals surface area contributed by atoms with Crippen LogP contribution in [0.4, 0.5) is 0 Å². The van der Waals surface area contributed by atoms with Gasteiger partial charge in [0.2, 0.25) is 0 Å². The largest absolute Gasteiger partial charge is 0.330 e. The van der Waals surface area contributed by atoms with Crippen molar-refractivity contribution in [1.82, 2.24) is 9.71 Å². The zero-order valence-electron chi connectivity index (χ0n) is 11.3. The number of aryl methyl sites for hydroxylation is 1. The van der Waals surface area contributed by atoms with E-state index in [1.165, 1.54) is 22.7 Å². The van der Waals surface area contributed by atoms with Crippen molar-refractivity contribution in [1.29, 1.82) is 0 Å². The van der Waals surface area contributed by atoms with Crippen LogP contribution in [0.2, 0.25) is 0 Å². The van der Waals surface area contributed by atoms with Crippen molar-refractivity contribution in [3.8, 4) is 0 Å². The molecule has 8 heteroatoms. The predicted octanol–water partition coefficient (Wildman–Crippen LogP) is 2.05. The van der Waals surface area contributed by atoms with Gasteiger partial charge in [0.25, 0.3) is 10.0 Å². The van der Waals surface area contributed by atoms with Gasteiger partial charge in [0.1, 0.15) is 9.22 Å². The second-order valence-electron chi connectivity index (χ2n) is 4.43. The van der Waals surface area contributed by atoms with Crippen molar-refractivity contribution in [2.24, 2.45) is 5.73 Å². The van der Waals surface area contributed by atoms with Gasteiger partial charge in [-0.25, -0.2) is 18.1 Å². The van der Waals surface area contributed by atoms with E-state index in [0.29, 0.717) is 17.2 Å². The van der Waals surface area contributed by atoms with Crippen LogP contribution >= 0.6 is 22.7 Å². The Hall–Kier alpha value is -0.800. The van der Waals surface area contributed by atoms with Crippen LogP contribution < -0.4 is 10.5 Å². The van der Waals surface area contributed by atoms with Crippen molar-refractivity contribution < 1.29 is 8.42 Å². The molecule has 20 heavy (non-hydrogen) atoms. The van der Waals surface area contributed by atoms with E-state index in [1.54, 1.807) is 13.0 Å². The number of rotatable bonds is 6. The molecule has 0 aliphatic carbocycles. The van der Waals surface area contributed by atoms with E-state index in [0.717, 1.165) is 15.6 Å². The van der Waals surface area contributed by atoms with Crippen molar-refractivity contribution in [2.75, 3.05) is 6.54 Å². The maximum Gasteiger partial charge on any atom is 0.250 e. The number of hydrogen-bond acceptors (Lipinski definition) is 6. The summed E-state index contributed by atoms with van der Waals surface area (Å²) in [7, 11) is -3.50. The Kier molecular flexibility index (Phi) is 4.92. The molecule has 0 fully saturated rings. The number of sulfonamides is 1. The number of aromatic nitrogens is 1. The summed E-state index contributed by atoms with van der Waals surface area (Å²) in [5.41, 5.74) is 6.37. The predicted molar refractivity (Wildman–Crippen MR) is 82.7 cm³/mol. The number of nitrogens with two attached hydrogens (primary N) is 1. The first-order chi connectivity index (χ1) is 9.42. The minimum atomic E-state index is -3.50. The Balaban J connectivity index is 2.13. The zero-order chi connectivity index (χ0) is 14.8. The second-order valence-corrected chi connectivity index (χ2v) is 8.43. The Morgan fingerprint density at radius 3 is 2.80 bits per heavy atom. The SMILES string of the molecule is Cc1csc(C(C)NS(=O)(=O)c2ccc(CCN)s2)n1. The molecule has 3 N–H and O–H groups in total. The van der Waals surface area contributed by atoms with Crippen LogP contribution in [0.15, 0.2) is 21.7 Å². The first kappa shape index (κ1) is 15.6. The van der Waals surface area contributed by atoms with Gasteiger partial charge in [0, 0.05) is 16.0 Å². The number of thiophene rings is 1. The molecule has 5 nitrogen and oxygen atoms in total. The van der Waals surface area contributed by atoms with Crippen LogP contribution in [0.1, 0.15) is 28.5 Å². The fourth-order valence-corrected chi connectivity index (χ4v) is 5.17. The number of thiazole rings is 1. The molecule has 0 bridgehead atoms. The average molecular weight is 331 g/mol. The van der Waals surface area contributed by atoms with Crippen LogP contribution in [0.5, 0.6) is 0 Å². The van der Waals surface area contributed by atoms with E-state index in [9.17, 15) is 8.42 Å². The molecule has 2 heterocycles. The molecule has 2 aromatic heterocycles. The van der Waals surface area contributed by atoms with Gasteiger partial charge >= 0.3 is 0 Å². The van der Waals surface area contributed by atoms with Gasteiger partial charge in [-0.2, -0.15) is 0 Å². The molecular formula is C12H17N3O2S3. The Bertz CT molecular complexity index is 676. The fourth-order valence-electron chi connectivity index (χ4n) is 1.69. The van der Waals surface area contributed by atoms with Crippen molar-refractivity contribution in [2.45, 2.75) is 30.5 Å². The van der Waals surface area contributed by atoms with E-state index in [1.807, 2.05) is 18.4 Å². The van der Waals surface area contributed by atoms with Gasteiger partial charge in [-0.1, -0.05) is 0 Å². The molecule has 1 unspecified atom stereocenters. The third kappa shape index (κ3) is 3.64. The minimum absolute atomic E-state index is 0.320. The maximum absolute atomic E-state index is 12.3. The molecule has 2 rings (SSSR count). The summed E-state index contributed by atoms with van der Waals surface area (Å²) >= 11 is 2.71. The summed E-state index contributed by atoms with van der Waals surface area (Å²) in [5, 5.41) is 2.68. The summed E-state index contributed by atoms with van der Waals surface area (Å²) in [6, 6.07) is 3.10.